The molecule has 3 aromatic rings. The molecule has 3 aromatic carbocycles. The highest BCUT2D eigenvalue weighted by atomic mass is 19.1. The SMILES string of the molecule is COc1ccc(F)c(-c2ccc(COc3cccc([C@@H](CC(=O)O)CC4CC4)c3)cc2C(C)(C)C)c1. The maximum Gasteiger partial charge on any atom is 0.303 e. The summed E-state index contributed by atoms with van der Waals surface area (Å²) < 4.78 is 26.2. The van der Waals surface area contributed by atoms with Crippen molar-refractivity contribution >= 4 is 5.97 Å². The van der Waals surface area contributed by atoms with Crippen molar-refractivity contribution in [3.63, 3.8) is 0 Å². The Hall–Kier alpha value is -3.34. The monoisotopic (exact) mass is 490 g/mol. The Labute approximate surface area is 213 Å². The Morgan fingerprint density at radius 3 is 2.47 bits per heavy atom. The van der Waals surface area contributed by atoms with Crippen molar-refractivity contribution in [1.29, 1.82) is 0 Å². The van der Waals surface area contributed by atoms with Gasteiger partial charge < -0.3 is 14.6 Å². The largest absolute Gasteiger partial charge is 0.497 e. The van der Waals surface area contributed by atoms with Crippen LogP contribution >= 0.6 is 0 Å². The number of ether oxygens (including phenoxy) is 2. The van der Waals surface area contributed by atoms with Crippen LogP contribution in [0.15, 0.2) is 60.7 Å². The lowest BCUT2D eigenvalue weighted by molar-refractivity contribution is -0.137. The van der Waals surface area contributed by atoms with Crippen LogP contribution in [0, 0.1) is 11.7 Å². The van der Waals surface area contributed by atoms with Gasteiger partial charge in [-0.15, -0.1) is 0 Å². The Bertz CT molecular complexity index is 1220. The summed E-state index contributed by atoms with van der Waals surface area (Å²) in [6, 6.07) is 18.6. The maximum absolute atomic E-state index is 14.8. The highest BCUT2D eigenvalue weighted by molar-refractivity contribution is 5.71. The molecule has 0 spiro atoms. The molecule has 36 heavy (non-hydrogen) atoms. The van der Waals surface area contributed by atoms with Crippen molar-refractivity contribution < 1.29 is 23.8 Å². The predicted octanol–water partition coefficient (Wildman–Crippen LogP) is 7.74. The zero-order valence-corrected chi connectivity index (χ0v) is 21.5. The Morgan fingerprint density at radius 2 is 1.81 bits per heavy atom. The molecule has 0 heterocycles. The molecule has 0 radical (unpaired) electrons. The Morgan fingerprint density at radius 1 is 1.03 bits per heavy atom. The van der Waals surface area contributed by atoms with Crippen LogP contribution in [-0.2, 0) is 16.8 Å². The molecule has 1 atom stereocenters. The van der Waals surface area contributed by atoms with Gasteiger partial charge in [0.15, 0.2) is 0 Å². The third kappa shape index (κ3) is 6.45. The summed E-state index contributed by atoms with van der Waals surface area (Å²) >= 11 is 0. The molecule has 0 aliphatic heterocycles. The molecule has 4 nitrogen and oxygen atoms in total. The topological polar surface area (TPSA) is 55.8 Å². The predicted molar refractivity (Wildman–Crippen MR) is 140 cm³/mol. The van der Waals surface area contributed by atoms with Crippen LogP contribution in [0.1, 0.15) is 69.1 Å². The fourth-order valence-electron chi connectivity index (χ4n) is 4.70. The molecule has 190 valence electrons. The molecule has 1 saturated carbocycles. The van der Waals surface area contributed by atoms with E-state index < -0.39 is 5.97 Å². The molecule has 1 fully saturated rings. The van der Waals surface area contributed by atoms with Gasteiger partial charge in [-0.1, -0.05) is 63.9 Å². The lowest BCUT2D eigenvalue weighted by Gasteiger charge is -2.25. The highest BCUT2D eigenvalue weighted by Crippen LogP contribution is 2.41. The van der Waals surface area contributed by atoms with E-state index in [9.17, 15) is 14.3 Å². The molecule has 0 amide bonds. The second kappa shape index (κ2) is 10.7. The van der Waals surface area contributed by atoms with Gasteiger partial charge in [0.1, 0.15) is 23.9 Å². The number of halogens is 1. The Balaban J connectivity index is 1.56. The van der Waals surface area contributed by atoms with Crippen LogP contribution in [0.5, 0.6) is 11.5 Å². The summed E-state index contributed by atoms with van der Waals surface area (Å²) in [7, 11) is 1.58. The van der Waals surface area contributed by atoms with E-state index in [0.717, 1.165) is 34.4 Å². The molecule has 4 rings (SSSR count). The molecule has 5 heteroatoms. The number of rotatable bonds is 10. The fraction of sp³-hybridized carbons (Fsp3) is 0.387. The van der Waals surface area contributed by atoms with E-state index in [1.807, 2.05) is 36.4 Å². The first-order valence-corrected chi connectivity index (χ1v) is 12.6. The summed E-state index contributed by atoms with van der Waals surface area (Å²) in [5.41, 5.74) is 4.16. The van der Waals surface area contributed by atoms with E-state index in [4.69, 9.17) is 9.47 Å². The summed E-state index contributed by atoms with van der Waals surface area (Å²) in [5.74, 6) is 0.921. The minimum absolute atomic E-state index is 0.00286. The van der Waals surface area contributed by atoms with Crippen LogP contribution in [-0.4, -0.2) is 18.2 Å². The van der Waals surface area contributed by atoms with Crippen LogP contribution in [0.4, 0.5) is 4.39 Å². The minimum Gasteiger partial charge on any atom is -0.497 e. The summed E-state index contributed by atoms with van der Waals surface area (Å²) in [5, 5.41) is 9.38. The number of methoxy groups -OCH3 is 1. The van der Waals surface area contributed by atoms with Gasteiger partial charge in [-0.25, -0.2) is 4.39 Å². The number of hydrogen-bond donors (Lipinski definition) is 1. The number of carboxylic acid groups (broad SMARTS) is 1. The van der Waals surface area contributed by atoms with Gasteiger partial charge in [0.25, 0.3) is 0 Å². The molecule has 0 unspecified atom stereocenters. The van der Waals surface area contributed by atoms with Crippen molar-refractivity contribution in [2.24, 2.45) is 5.92 Å². The molecule has 0 saturated heterocycles. The zero-order chi connectivity index (χ0) is 25.9. The first-order valence-electron chi connectivity index (χ1n) is 12.6. The number of carboxylic acids is 1. The number of carbonyl (C=O) groups is 1. The van der Waals surface area contributed by atoms with E-state index in [1.54, 1.807) is 19.2 Å². The average molecular weight is 491 g/mol. The number of hydrogen-bond acceptors (Lipinski definition) is 3. The van der Waals surface area contributed by atoms with Crippen molar-refractivity contribution in [2.45, 2.75) is 64.4 Å². The third-order valence-electron chi connectivity index (χ3n) is 6.83. The van der Waals surface area contributed by atoms with Crippen molar-refractivity contribution in [2.75, 3.05) is 7.11 Å². The highest BCUT2D eigenvalue weighted by Gasteiger charge is 2.28. The maximum atomic E-state index is 14.8. The van der Waals surface area contributed by atoms with Crippen LogP contribution in [0.25, 0.3) is 11.1 Å². The summed E-state index contributed by atoms with van der Waals surface area (Å²) in [6.45, 7) is 6.70. The van der Waals surface area contributed by atoms with E-state index in [-0.39, 0.29) is 23.6 Å². The quantitative estimate of drug-likeness (QED) is 0.316. The lowest BCUT2D eigenvalue weighted by atomic mass is 9.81. The second-order valence-electron chi connectivity index (χ2n) is 10.8. The van der Waals surface area contributed by atoms with Gasteiger partial charge in [0, 0.05) is 5.56 Å². The number of aliphatic carboxylic acids is 1. The van der Waals surface area contributed by atoms with Gasteiger partial charge >= 0.3 is 5.97 Å². The van der Waals surface area contributed by atoms with Crippen molar-refractivity contribution in [3.8, 4) is 22.6 Å². The first-order chi connectivity index (χ1) is 17.1. The molecule has 1 aliphatic rings. The van der Waals surface area contributed by atoms with Crippen LogP contribution < -0.4 is 9.47 Å². The van der Waals surface area contributed by atoms with Gasteiger partial charge in [0.05, 0.1) is 13.5 Å². The van der Waals surface area contributed by atoms with Crippen LogP contribution in [0.3, 0.4) is 0 Å². The van der Waals surface area contributed by atoms with E-state index in [0.29, 0.717) is 23.8 Å². The molecular formula is C31H35FO4. The van der Waals surface area contributed by atoms with Crippen LogP contribution in [0.2, 0.25) is 0 Å². The standard InChI is InChI=1S/C31H35FO4/c1-31(2,3)28-15-21(10-12-26(28)27-18-24(35-4)11-13-29(27)32)19-36-25-7-5-6-22(16-25)23(17-30(33)34)14-20-8-9-20/h5-7,10-13,15-16,18,20,23H,8-9,14,17,19H2,1-4H3,(H,33,34)/t23-/m1/s1. The summed E-state index contributed by atoms with van der Waals surface area (Å²) in [4.78, 5) is 11.4. The second-order valence-corrected chi connectivity index (χ2v) is 10.8. The van der Waals surface area contributed by atoms with E-state index in [2.05, 4.69) is 26.8 Å². The van der Waals surface area contributed by atoms with E-state index in [1.165, 1.54) is 18.9 Å². The summed E-state index contributed by atoms with van der Waals surface area (Å²) in [6.07, 6.45) is 3.43. The fourth-order valence-corrected chi connectivity index (χ4v) is 4.70. The van der Waals surface area contributed by atoms with Crippen molar-refractivity contribution in [3.05, 3.63) is 83.2 Å². The number of benzene rings is 3. The van der Waals surface area contributed by atoms with Gasteiger partial charge in [-0.05, 0) is 76.3 Å². The van der Waals surface area contributed by atoms with Gasteiger partial charge in [-0.3, -0.25) is 4.79 Å². The van der Waals surface area contributed by atoms with E-state index >= 15 is 0 Å². The smallest absolute Gasteiger partial charge is 0.303 e. The minimum atomic E-state index is -0.769. The Kier molecular flexibility index (Phi) is 7.67. The zero-order valence-electron chi connectivity index (χ0n) is 21.5. The molecular weight excluding hydrogens is 455 g/mol. The molecule has 0 aromatic heterocycles. The van der Waals surface area contributed by atoms with Gasteiger partial charge in [-0.2, -0.15) is 0 Å². The van der Waals surface area contributed by atoms with Gasteiger partial charge in [0.2, 0.25) is 0 Å². The molecule has 1 aliphatic carbocycles. The van der Waals surface area contributed by atoms with Crippen molar-refractivity contribution in [1.82, 2.24) is 0 Å². The third-order valence-corrected chi connectivity index (χ3v) is 6.83. The lowest BCUT2D eigenvalue weighted by Crippen LogP contribution is -2.14. The molecule has 0 bridgehead atoms. The molecule has 1 N–H and O–H groups in total. The first kappa shape index (κ1) is 25.7. The average Bonchev–Trinajstić information content (AvgIpc) is 3.66. The normalized spacial score (nSPS) is 14.4.